The zero-order valence-electron chi connectivity index (χ0n) is 11.2. The minimum Gasteiger partial charge on any atom is -0.508 e. The molecular formula is C16H19O2P. The van der Waals surface area contributed by atoms with Crippen molar-refractivity contribution in [3.05, 3.63) is 59.7 Å². The van der Waals surface area contributed by atoms with E-state index in [0.717, 1.165) is 11.1 Å². The molecule has 2 nitrogen and oxygen atoms in total. The summed E-state index contributed by atoms with van der Waals surface area (Å²) in [7, 11) is 2.80. The van der Waals surface area contributed by atoms with Gasteiger partial charge in [-0.05, 0) is 17.3 Å². The van der Waals surface area contributed by atoms with Gasteiger partial charge in [0, 0.05) is 17.0 Å². The number of phenolic OH excluding ortho intramolecular Hbond substituents is 2. The van der Waals surface area contributed by atoms with Gasteiger partial charge in [-0.25, -0.2) is 0 Å². The van der Waals surface area contributed by atoms with Gasteiger partial charge in [-0.2, -0.15) is 0 Å². The predicted octanol–water partition coefficient (Wildman–Crippen LogP) is 3.88. The molecule has 0 aliphatic heterocycles. The van der Waals surface area contributed by atoms with Crippen molar-refractivity contribution < 1.29 is 10.2 Å². The molecule has 0 bridgehead atoms. The van der Waals surface area contributed by atoms with Crippen molar-refractivity contribution >= 4 is 9.24 Å². The molecular weight excluding hydrogens is 255 g/mol. The molecule has 0 fully saturated rings. The van der Waals surface area contributed by atoms with E-state index in [1.165, 1.54) is 0 Å². The highest BCUT2D eigenvalue weighted by atomic mass is 31.0. The van der Waals surface area contributed by atoms with Gasteiger partial charge < -0.3 is 10.2 Å². The molecule has 19 heavy (non-hydrogen) atoms. The van der Waals surface area contributed by atoms with Crippen molar-refractivity contribution in [1.29, 1.82) is 0 Å². The van der Waals surface area contributed by atoms with Crippen molar-refractivity contribution in [3.63, 3.8) is 0 Å². The van der Waals surface area contributed by atoms with E-state index < -0.39 is 0 Å². The smallest absolute Gasteiger partial charge is 0.119 e. The Hall–Kier alpha value is -1.53. The Morgan fingerprint density at radius 3 is 1.53 bits per heavy atom. The van der Waals surface area contributed by atoms with E-state index in [9.17, 15) is 10.2 Å². The third-order valence-electron chi connectivity index (χ3n) is 3.24. The summed E-state index contributed by atoms with van der Waals surface area (Å²) in [5.41, 5.74) is 1.65. The summed E-state index contributed by atoms with van der Waals surface area (Å²) >= 11 is 0. The number of aromatic hydroxyl groups is 2. The number of para-hydroxylation sites is 2. The first kappa shape index (κ1) is 13.9. The third kappa shape index (κ3) is 2.90. The summed E-state index contributed by atoms with van der Waals surface area (Å²) in [5.74, 6) is 0.414. The van der Waals surface area contributed by atoms with Crippen LogP contribution in [0.1, 0.15) is 30.9 Å². The number of benzene rings is 2. The zero-order chi connectivity index (χ0) is 14.0. The maximum atomic E-state index is 10.1. The number of hydrogen-bond donors (Lipinski definition) is 2. The molecule has 2 aromatic rings. The van der Waals surface area contributed by atoms with Crippen LogP contribution in [0.5, 0.6) is 11.5 Å². The second kappa shape index (κ2) is 5.22. The van der Waals surface area contributed by atoms with Gasteiger partial charge in [0.2, 0.25) is 0 Å². The first-order chi connectivity index (χ1) is 8.91. The molecule has 0 saturated heterocycles. The molecule has 1 atom stereocenters. The van der Waals surface area contributed by atoms with Crippen molar-refractivity contribution in [2.24, 2.45) is 0 Å². The molecule has 0 aliphatic rings. The quantitative estimate of drug-likeness (QED) is 0.834. The lowest BCUT2D eigenvalue weighted by atomic mass is 9.81. The number of phenols is 2. The van der Waals surface area contributed by atoms with E-state index in [0.29, 0.717) is 0 Å². The van der Waals surface area contributed by atoms with Gasteiger partial charge in [0.15, 0.2) is 0 Å². The van der Waals surface area contributed by atoms with Crippen molar-refractivity contribution in [2.75, 3.05) is 0 Å². The second-order valence-corrected chi connectivity index (χ2v) is 6.86. The second-order valence-electron chi connectivity index (χ2n) is 5.37. The summed E-state index contributed by atoms with van der Waals surface area (Å²) in [5, 5.41) is 20.0. The summed E-state index contributed by atoms with van der Waals surface area (Å²) in [6, 6.07) is 14.6. The molecule has 3 heteroatoms. The Balaban J connectivity index is 2.62. The summed E-state index contributed by atoms with van der Waals surface area (Å²) in [6.07, 6.45) is 0. The van der Waals surface area contributed by atoms with E-state index >= 15 is 0 Å². The lowest BCUT2D eigenvalue weighted by Crippen LogP contribution is -2.23. The van der Waals surface area contributed by atoms with Gasteiger partial charge in [-0.1, -0.05) is 50.2 Å². The van der Waals surface area contributed by atoms with Crippen LogP contribution in [-0.2, 0) is 0 Å². The largest absolute Gasteiger partial charge is 0.508 e. The Labute approximate surface area is 116 Å². The van der Waals surface area contributed by atoms with Gasteiger partial charge >= 0.3 is 0 Å². The van der Waals surface area contributed by atoms with Crippen LogP contribution in [0.2, 0.25) is 0 Å². The maximum Gasteiger partial charge on any atom is 0.119 e. The van der Waals surface area contributed by atoms with Gasteiger partial charge in [0.05, 0.1) is 0 Å². The van der Waals surface area contributed by atoms with Crippen LogP contribution >= 0.6 is 9.24 Å². The molecule has 0 amide bonds. The average Bonchev–Trinajstić information content (AvgIpc) is 2.33. The zero-order valence-corrected chi connectivity index (χ0v) is 12.3. The standard InChI is InChI=1S/C16H19O2P/c1-16(2,19)15(11-7-3-5-9-13(11)17)12-8-4-6-10-14(12)18/h3-10,15,17-18H,19H2,1-2H3. The minimum absolute atomic E-state index is 0.0973. The molecule has 2 N–H and O–H groups in total. The van der Waals surface area contributed by atoms with Crippen molar-refractivity contribution in [2.45, 2.75) is 24.9 Å². The summed E-state index contributed by atoms with van der Waals surface area (Å²) in [4.78, 5) is 0. The molecule has 0 spiro atoms. The van der Waals surface area contributed by atoms with E-state index in [-0.39, 0.29) is 22.6 Å². The van der Waals surface area contributed by atoms with Gasteiger partial charge in [-0.15, -0.1) is 9.24 Å². The summed E-state index contributed by atoms with van der Waals surface area (Å²) < 4.78 is 0. The van der Waals surface area contributed by atoms with Crippen LogP contribution in [-0.4, -0.2) is 15.4 Å². The Kier molecular flexibility index (Phi) is 3.82. The number of rotatable bonds is 3. The Morgan fingerprint density at radius 2 is 1.21 bits per heavy atom. The SMILES string of the molecule is CC(C)(P)C(c1ccccc1O)c1ccccc1O. The van der Waals surface area contributed by atoms with E-state index in [1.807, 2.05) is 24.3 Å². The molecule has 0 aliphatic carbocycles. The molecule has 0 heterocycles. The molecule has 2 rings (SSSR count). The first-order valence-electron chi connectivity index (χ1n) is 6.26. The number of hydrogen-bond acceptors (Lipinski definition) is 2. The molecule has 0 saturated carbocycles. The lowest BCUT2D eigenvalue weighted by molar-refractivity contribution is 0.443. The van der Waals surface area contributed by atoms with Crippen LogP contribution in [0.15, 0.2) is 48.5 Å². The fourth-order valence-electron chi connectivity index (χ4n) is 2.43. The fourth-order valence-corrected chi connectivity index (χ4v) is 2.79. The highest BCUT2D eigenvalue weighted by Gasteiger charge is 2.31. The van der Waals surface area contributed by atoms with E-state index in [2.05, 4.69) is 23.1 Å². The van der Waals surface area contributed by atoms with Gasteiger partial charge in [0.1, 0.15) is 11.5 Å². The van der Waals surface area contributed by atoms with Crippen molar-refractivity contribution in [1.82, 2.24) is 0 Å². The maximum absolute atomic E-state index is 10.1. The molecule has 1 unspecified atom stereocenters. The summed E-state index contributed by atoms with van der Waals surface area (Å²) in [6.45, 7) is 4.14. The highest BCUT2D eigenvalue weighted by Crippen LogP contribution is 2.45. The highest BCUT2D eigenvalue weighted by molar-refractivity contribution is 7.19. The third-order valence-corrected chi connectivity index (χ3v) is 3.57. The lowest BCUT2D eigenvalue weighted by Gasteiger charge is -2.32. The van der Waals surface area contributed by atoms with Crippen LogP contribution in [0.25, 0.3) is 0 Å². The van der Waals surface area contributed by atoms with Crippen LogP contribution in [0, 0.1) is 0 Å². The first-order valence-corrected chi connectivity index (χ1v) is 6.83. The molecule has 0 aromatic heterocycles. The predicted molar refractivity (Wildman–Crippen MR) is 81.8 cm³/mol. The van der Waals surface area contributed by atoms with E-state index in [4.69, 9.17) is 0 Å². The molecule has 2 aromatic carbocycles. The van der Waals surface area contributed by atoms with Crippen LogP contribution < -0.4 is 0 Å². The molecule has 100 valence electrons. The topological polar surface area (TPSA) is 40.5 Å². The Bertz CT molecular complexity index is 527. The Morgan fingerprint density at radius 1 is 0.842 bits per heavy atom. The van der Waals surface area contributed by atoms with Gasteiger partial charge in [0.25, 0.3) is 0 Å². The van der Waals surface area contributed by atoms with Crippen molar-refractivity contribution in [3.8, 4) is 11.5 Å². The van der Waals surface area contributed by atoms with Crippen LogP contribution in [0.3, 0.4) is 0 Å². The fraction of sp³-hybridized carbons (Fsp3) is 0.250. The van der Waals surface area contributed by atoms with E-state index in [1.54, 1.807) is 24.3 Å². The molecule has 0 radical (unpaired) electrons. The van der Waals surface area contributed by atoms with Gasteiger partial charge in [-0.3, -0.25) is 0 Å². The normalized spacial score (nSPS) is 11.8. The minimum atomic E-state index is -0.197. The van der Waals surface area contributed by atoms with Crippen LogP contribution in [0.4, 0.5) is 0 Å². The monoisotopic (exact) mass is 274 g/mol. The average molecular weight is 274 g/mol.